The third-order valence-corrected chi connectivity index (χ3v) is 6.75. The molecule has 0 unspecified atom stereocenters. The topological polar surface area (TPSA) is 41.5 Å². The van der Waals surface area contributed by atoms with Gasteiger partial charge in [-0.15, -0.1) is 0 Å². The highest BCUT2D eigenvalue weighted by atomic mass is 19.1. The first kappa shape index (κ1) is 18.9. The van der Waals surface area contributed by atoms with E-state index in [0.29, 0.717) is 12.1 Å². The zero-order valence-corrected chi connectivity index (χ0v) is 17.1. The lowest BCUT2D eigenvalue weighted by atomic mass is 9.88. The Morgan fingerprint density at radius 1 is 1.00 bits per heavy atom. The maximum absolute atomic E-state index is 13.8. The van der Waals surface area contributed by atoms with E-state index < -0.39 is 0 Å². The zero-order valence-electron chi connectivity index (χ0n) is 17.1. The van der Waals surface area contributed by atoms with Crippen molar-refractivity contribution >= 4 is 5.82 Å². The van der Waals surface area contributed by atoms with Crippen molar-refractivity contribution in [3.05, 3.63) is 53.7 Å². The predicted molar refractivity (Wildman–Crippen MR) is 111 cm³/mol. The van der Waals surface area contributed by atoms with Crippen LogP contribution in [0.1, 0.15) is 36.9 Å². The van der Waals surface area contributed by atoms with Gasteiger partial charge in [0.2, 0.25) is 0 Å². The van der Waals surface area contributed by atoms with E-state index in [4.69, 9.17) is 4.74 Å². The molecule has 0 amide bonds. The fourth-order valence-corrected chi connectivity index (χ4v) is 4.94. The average Bonchev–Trinajstić information content (AvgIpc) is 3.46. The molecule has 4 heterocycles. The van der Waals surface area contributed by atoms with Gasteiger partial charge in [-0.25, -0.2) is 9.37 Å². The van der Waals surface area contributed by atoms with Gasteiger partial charge in [-0.1, -0.05) is 6.07 Å². The van der Waals surface area contributed by atoms with E-state index in [9.17, 15) is 4.39 Å². The fraction of sp³-hybridized carbons (Fsp3) is 0.565. The summed E-state index contributed by atoms with van der Waals surface area (Å²) >= 11 is 0. The Labute approximate surface area is 171 Å². The monoisotopic (exact) mass is 396 g/mol. The summed E-state index contributed by atoms with van der Waals surface area (Å²) in [6.07, 6.45) is 8.55. The molecule has 0 bridgehead atoms. The highest BCUT2D eigenvalue weighted by Gasteiger charge is 2.56. The van der Waals surface area contributed by atoms with Crippen molar-refractivity contribution in [3.63, 3.8) is 0 Å². The Hall–Kier alpha value is -2.05. The summed E-state index contributed by atoms with van der Waals surface area (Å²) in [4.78, 5) is 13.7. The number of likely N-dealkylation sites (tertiary alicyclic amines) is 1. The smallest absolute Gasteiger partial charge is 0.144 e. The van der Waals surface area contributed by atoms with Crippen LogP contribution in [0.2, 0.25) is 0 Å². The number of aromatic nitrogens is 2. The van der Waals surface area contributed by atoms with Crippen molar-refractivity contribution in [3.8, 4) is 0 Å². The number of rotatable bonds is 4. The van der Waals surface area contributed by atoms with Gasteiger partial charge in [-0.2, -0.15) is 0 Å². The Balaban J connectivity index is 1.25. The van der Waals surface area contributed by atoms with Crippen molar-refractivity contribution in [1.29, 1.82) is 0 Å². The molecule has 2 saturated heterocycles. The molecule has 2 aromatic rings. The van der Waals surface area contributed by atoms with Crippen LogP contribution in [0.3, 0.4) is 0 Å². The van der Waals surface area contributed by atoms with Crippen molar-refractivity contribution in [2.24, 2.45) is 0 Å². The number of halogens is 1. The number of morpholine rings is 1. The van der Waals surface area contributed by atoms with E-state index >= 15 is 0 Å². The second kappa shape index (κ2) is 7.33. The van der Waals surface area contributed by atoms with Crippen LogP contribution in [-0.2, 0) is 11.2 Å². The molecule has 1 aliphatic carbocycles. The van der Waals surface area contributed by atoms with Crippen LogP contribution < -0.4 is 4.90 Å². The van der Waals surface area contributed by atoms with Gasteiger partial charge in [0.15, 0.2) is 0 Å². The maximum Gasteiger partial charge on any atom is 0.144 e. The standard InChI is InChI=1S/C23H29FN4O/c1-18-4-2-12-26-21(18)28-16-22(7-8-22)29-23(17-28)9-14-27(15-10-23)13-6-20-19(24)5-3-11-25-20/h2-5,11-12H,6-10,13-17H2,1H3. The molecule has 0 aromatic carbocycles. The third-order valence-electron chi connectivity index (χ3n) is 6.75. The minimum absolute atomic E-state index is 0.0292. The van der Waals surface area contributed by atoms with Crippen molar-refractivity contribution in [1.82, 2.24) is 14.9 Å². The van der Waals surface area contributed by atoms with E-state index in [-0.39, 0.29) is 17.0 Å². The molecule has 29 heavy (non-hydrogen) atoms. The fourth-order valence-electron chi connectivity index (χ4n) is 4.94. The van der Waals surface area contributed by atoms with Gasteiger partial charge in [-0.05, 0) is 56.4 Å². The van der Waals surface area contributed by atoms with E-state index in [2.05, 4.69) is 32.8 Å². The van der Waals surface area contributed by atoms with Crippen LogP contribution in [0.5, 0.6) is 0 Å². The summed E-state index contributed by atoms with van der Waals surface area (Å²) in [5.74, 6) is 0.906. The molecule has 5 rings (SSSR count). The van der Waals surface area contributed by atoms with E-state index in [0.717, 1.165) is 64.2 Å². The van der Waals surface area contributed by atoms with Crippen LogP contribution in [0.4, 0.5) is 10.2 Å². The average molecular weight is 397 g/mol. The molecular formula is C23H29FN4O. The van der Waals surface area contributed by atoms with E-state index in [1.807, 2.05) is 12.3 Å². The number of nitrogens with zero attached hydrogens (tertiary/aromatic N) is 4. The Morgan fingerprint density at radius 3 is 2.38 bits per heavy atom. The largest absolute Gasteiger partial charge is 0.365 e. The van der Waals surface area contributed by atoms with Crippen molar-refractivity contribution in [2.75, 3.05) is 37.6 Å². The molecule has 5 nitrogen and oxygen atoms in total. The first-order valence-electron chi connectivity index (χ1n) is 10.8. The maximum atomic E-state index is 13.8. The molecule has 154 valence electrons. The number of anilines is 1. The normalized spacial score (nSPS) is 22.9. The molecular weight excluding hydrogens is 367 g/mol. The first-order valence-corrected chi connectivity index (χ1v) is 10.8. The van der Waals surface area contributed by atoms with Gasteiger partial charge in [0.25, 0.3) is 0 Å². The van der Waals surface area contributed by atoms with Crippen LogP contribution in [0, 0.1) is 12.7 Å². The zero-order chi connectivity index (χ0) is 19.9. The van der Waals surface area contributed by atoms with E-state index in [1.54, 1.807) is 12.3 Å². The number of piperidine rings is 1. The summed E-state index contributed by atoms with van der Waals surface area (Å²) in [7, 11) is 0. The first-order chi connectivity index (χ1) is 14.1. The summed E-state index contributed by atoms with van der Waals surface area (Å²) in [6, 6.07) is 7.29. The van der Waals surface area contributed by atoms with E-state index in [1.165, 1.54) is 11.6 Å². The van der Waals surface area contributed by atoms with Gasteiger partial charge >= 0.3 is 0 Å². The minimum atomic E-state index is -0.200. The van der Waals surface area contributed by atoms with Gasteiger partial charge in [-0.3, -0.25) is 4.98 Å². The van der Waals surface area contributed by atoms with Gasteiger partial charge in [0, 0.05) is 51.5 Å². The Bertz CT molecular complexity index is 877. The van der Waals surface area contributed by atoms with Crippen molar-refractivity contribution in [2.45, 2.75) is 50.2 Å². The summed E-state index contributed by atoms with van der Waals surface area (Å²) in [5.41, 5.74) is 1.73. The van der Waals surface area contributed by atoms with Crippen LogP contribution in [0.25, 0.3) is 0 Å². The lowest BCUT2D eigenvalue weighted by molar-refractivity contribution is -0.145. The molecule has 0 atom stereocenters. The SMILES string of the molecule is Cc1cccnc1N1CC2(CCN(CCc3ncccc3F)CC2)OC2(CC2)C1. The van der Waals surface area contributed by atoms with Gasteiger partial charge in [0.1, 0.15) is 11.6 Å². The van der Waals surface area contributed by atoms with Crippen molar-refractivity contribution < 1.29 is 9.13 Å². The number of hydrogen-bond donors (Lipinski definition) is 0. The lowest BCUT2D eigenvalue weighted by Crippen LogP contribution is -2.61. The van der Waals surface area contributed by atoms with Gasteiger partial charge in [0.05, 0.1) is 16.9 Å². The summed E-state index contributed by atoms with van der Waals surface area (Å²) in [6.45, 7) is 6.82. The molecule has 2 spiro atoms. The molecule has 6 heteroatoms. The molecule has 1 saturated carbocycles. The second-order valence-electron chi connectivity index (χ2n) is 8.99. The molecule has 2 aromatic heterocycles. The third kappa shape index (κ3) is 3.88. The van der Waals surface area contributed by atoms with Crippen LogP contribution >= 0.6 is 0 Å². The van der Waals surface area contributed by atoms with Crippen LogP contribution in [0.15, 0.2) is 36.7 Å². The highest BCUT2D eigenvalue weighted by Crippen LogP contribution is 2.49. The molecule has 3 aliphatic rings. The number of ether oxygens (including phenoxy) is 1. The summed E-state index contributed by atoms with van der Waals surface area (Å²) < 4.78 is 20.6. The molecule has 3 fully saturated rings. The minimum Gasteiger partial charge on any atom is -0.365 e. The second-order valence-corrected chi connectivity index (χ2v) is 8.99. The predicted octanol–water partition coefficient (Wildman–Crippen LogP) is 3.37. The van der Waals surface area contributed by atoms with Gasteiger partial charge < -0.3 is 14.5 Å². The number of hydrogen-bond acceptors (Lipinski definition) is 5. The summed E-state index contributed by atoms with van der Waals surface area (Å²) in [5, 5.41) is 0. The quantitative estimate of drug-likeness (QED) is 0.793. The molecule has 0 radical (unpaired) electrons. The number of pyridine rings is 2. The molecule has 0 N–H and O–H groups in total. The Kier molecular flexibility index (Phi) is 4.79. The lowest BCUT2D eigenvalue weighted by Gasteiger charge is -2.51. The van der Waals surface area contributed by atoms with Crippen LogP contribution in [-0.4, -0.2) is 58.8 Å². The highest BCUT2D eigenvalue weighted by molar-refractivity contribution is 5.48. The number of aryl methyl sites for hydroxylation is 1. The Morgan fingerprint density at radius 2 is 1.69 bits per heavy atom. The molecule has 2 aliphatic heterocycles.